The summed E-state index contributed by atoms with van der Waals surface area (Å²) < 4.78 is 0. The van der Waals surface area contributed by atoms with Gasteiger partial charge in [0.1, 0.15) is 0 Å². The van der Waals surface area contributed by atoms with Crippen molar-refractivity contribution in [3.8, 4) is 0 Å². The maximum Gasteiger partial charge on any atom is -0.00426 e. The normalized spacial score (nSPS) is 21.4. The van der Waals surface area contributed by atoms with Crippen LogP contribution in [-0.2, 0) is 0 Å². The molecule has 1 rings (SSSR count). The molecule has 0 atom stereocenters. The van der Waals surface area contributed by atoms with Crippen LogP contribution in [0, 0.1) is 5.92 Å². The molecule has 0 aliphatic heterocycles. The molecule has 1 heteroatoms. The Bertz CT molecular complexity index is 121. The van der Waals surface area contributed by atoms with Gasteiger partial charge in [0.05, 0.1) is 0 Å². The molecular formula is C11H21N. The molecule has 0 radical (unpaired) electrons. The van der Waals surface area contributed by atoms with E-state index in [9.17, 15) is 0 Å². The summed E-state index contributed by atoms with van der Waals surface area (Å²) >= 11 is 0. The molecule has 12 heavy (non-hydrogen) atoms. The Labute approximate surface area is 76.0 Å². The molecule has 0 spiro atoms. The van der Waals surface area contributed by atoms with Crippen LogP contribution in [0.15, 0.2) is 12.2 Å². The number of rotatable bonds is 3. The van der Waals surface area contributed by atoms with Crippen LogP contribution in [0.2, 0.25) is 0 Å². The fourth-order valence-corrected chi connectivity index (χ4v) is 1.89. The van der Waals surface area contributed by atoms with Crippen molar-refractivity contribution in [3.63, 3.8) is 0 Å². The minimum Gasteiger partial charge on any atom is -0.330 e. The quantitative estimate of drug-likeness (QED) is 0.507. The SMILES string of the molecule is NCC/C=C/C1CCCCCC1. The Morgan fingerprint density at radius 1 is 1.08 bits per heavy atom. The van der Waals surface area contributed by atoms with Crippen LogP contribution in [-0.4, -0.2) is 6.54 Å². The maximum absolute atomic E-state index is 5.42. The van der Waals surface area contributed by atoms with E-state index in [1.54, 1.807) is 0 Å². The van der Waals surface area contributed by atoms with E-state index in [0.717, 1.165) is 18.9 Å². The van der Waals surface area contributed by atoms with Gasteiger partial charge in [0, 0.05) is 0 Å². The number of hydrogen-bond acceptors (Lipinski definition) is 1. The van der Waals surface area contributed by atoms with E-state index >= 15 is 0 Å². The van der Waals surface area contributed by atoms with Gasteiger partial charge in [0.15, 0.2) is 0 Å². The third-order valence-corrected chi connectivity index (χ3v) is 2.64. The smallest absolute Gasteiger partial charge is 0.00426 e. The fourth-order valence-electron chi connectivity index (χ4n) is 1.89. The highest BCUT2D eigenvalue weighted by Crippen LogP contribution is 2.23. The van der Waals surface area contributed by atoms with Gasteiger partial charge < -0.3 is 5.73 Å². The Morgan fingerprint density at radius 2 is 1.75 bits per heavy atom. The Balaban J connectivity index is 2.19. The van der Waals surface area contributed by atoms with Crippen LogP contribution in [0.25, 0.3) is 0 Å². The van der Waals surface area contributed by atoms with Crippen molar-refractivity contribution in [1.29, 1.82) is 0 Å². The van der Waals surface area contributed by atoms with Crippen LogP contribution in [0.1, 0.15) is 44.9 Å². The first kappa shape index (κ1) is 9.79. The maximum atomic E-state index is 5.42. The molecule has 0 aromatic rings. The van der Waals surface area contributed by atoms with Crippen molar-refractivity contribution in [2.24, 2.45) is 11.7 Å². The van der Waals surface area contributed by atoms with Crippen LogP contribution in [0.5, 0.6) is 0 Å². The molecule has 1 aliphatic rings. The molecule has 1 fully saturated rings. The van der Waals surface area contributed by atoms with Crippen molar-refractivity contribution < 1.29 is 0 Å². The lowest BCUT2D eigenvalue weighted by molar-refractivity contribution is 0.557. The second-order valence-corrected chi connectivity index (χ2v) is 3.76. The minimum atomic E-state index is 0.795. The van der Waals surface area contributed by atoms with E-state index in [-0.39, 0.29) is 0 Å². The van der Waals surface area contributed by atoms with Crippen molar-refractivity contribution >= 4 is 0 Å². The molecule has 70 valence electrons. The highest BCUT2D eigenvalue weighted by molar-refractivity contribution is 4.89. The number of allylic oxidation sites excluding steroid dienone is 1. The first-order valence-corrected chi connectivity index (χ1v) is 5.30. The van der Waals surface area contributed by atoms with E-state index < -0.39 is 0 Å². The summed E-state index contributed by atoms with van der Waals surface area (Å²) in [7, 11) is 0. The van der Waals surface area contributed by atoms with Crippen LogP contribution in [0.3, 0.4) is 0 Å². The Hall–Kier alpha value is -0.300. The van der Waals surface area contributed by atoms with Gasteiger partial charge in [0.2, 0.25) is 0 Å². The molecule has 0 aromatic heterocycles. The van der Waals surface area contributed by atoms with Gasteiger partial charge in [-0.15, -0.1) is 0 Å². The molecule has 0 saturated heterocycles. The van der Waals surface area contributed by atoms with Gasteiger partial charge in [-0.05, 0) is 31.7 Å². The largest absolute Gasteiger partial charge is 0.330 e. The van der Waals surface area contributed by atoms with Crippen LogP contribution >= 0.6 is 0 Å². The van der Waals surface area contributed by atoms with Gasteiger partial charge in [0.25, 0.3) is 0 Å². The van der Waals surface area contributed by atoms with Crippen molar-refractivity contribution in [2.75, 3.05) is 6.54 Å². The standard InChI is InChI=1S/C11H21N/c12-10-6-5-9-11-7-3-1-2-4-8-11/h5,9,11H,1-4,6-8,10,12H2/b9-5+. The third kappa shape index (κ3) is 3.91. The highest BCUT2D eigenvalue weighted by atomic mass is 14.5. The highest BCUT2D eigenvalue weighted by Gasteiger charge is 2.07. The second kappa shape index (κ2) is 6.24. The average molecular weight is 167 g/mol. The lowest BCUT2D eigenvalue weighted by Gasteiger charge is -2.06. The van der Waals surface area contributed by atoms with E-state index in [4.69, 9.17) is 5.73 Å². The molecule has 0 unspecified atom stereocenters. The van der Waals surface area contributed by atoms with Gasteiger partial charge in [-0.3, -0.25) is 0 Å². The molecule has 0 amide bonds. The lowest BCUT2D eigenvalue weighted by Crippen LogP contribution is -1.97. The molecular weight excluding hydrogens is 146 g/mol. The molecule has 0 aromatic carbocycles. The molecule has 1 aliphatic carbocycles. The zero-order valence-electron chi connectivity index (χ0n) is 7.97. The molecule has 1 nitrogen and oxygen atoms in total. The topological polar surface area (TPSA) is 26.0 Å². The van der Waals surface area contributed by atoms with E-state index in [1.165, 1.54) is 38.5 Å². The second-order valence-electron chi connectivity index (χ2n) is 3.76. The van der Waals surface area contributed by atoms with Crippen molar-refractivity contribution in [3.05, 3.63) is 12.2 Å². The van der Waals surface area contributed by atoms with E-state index in [1.807, 2.05) is 0 Å². The zero-order valence-corrected chi connectivity index (χ0v) is 7.97. The number of hydrogen-bond donors (Lipinski definition) is 1. The van der Waals surface area contributed by atoms with Crippen LogP contribution in [0.4, 0.5) is 0 Å². The summed E-state index contributed by atoms with van der Waals surface area (Å²) in [6.45, 7) is 0.795. The summed E-state index contributed by atoms with van der Waals surface area (Å²) in [5, 5.41) is 0. The lowest BCUT2D eigenvalue weighted by atomic mass is 10.00. The summed E-state index contributed by atoms with van der Waals surface area (Å²) in [6.07, 6.45) is 14.3. The Kier molecular flexibility index (Phi) is 5.09. The fraction of sp³-hybridized carbons (Fsp3) is 0.818. The zero-order chi connectivity index (χ0) is 8.65. The van der Waals surface area contributed by atoms with Gasteiger partial charge >= 0.3 is 0 Å². The summed E-state index contributed by atoms with van der Waals surface area (Å²) in [6, 6.07) is 0. The van der Waals surface area contributed by atoms with E-state index in [0.29, 0.717) is 0 Å². The first-order valence-electron chi connectivity index (χ1n) is 5.30. The predicted molar refractivity (Wildman–Crippen MR) is 54.0 cm³/mol. The van der Waals surface area contributed by atoms with E-state index in [2.05, 4.69) is 12.2 Å². The predicted octanol–water partition coefficient (Wildman–Crippen LogP) is 2.86. The molecule has 1 saturated carbocycles. The summed E-state index contributed by atoms with van der Waals surface area (Å²) in [4.78, 5) is 0. The van der Waals surface area contributed by atoms with Gasteiger partial charge in [-0.2, -0.15) is 0 Å². The Morgan fingerprint density at radius 3 is 2.33 bits per heavy atom. The number of nitrogens with two attached hydrogens (primary N) is 1. The summed E-state index contributed by atoms with van der Waals surface area (Å²) in [5.41, 5.74) is 5.42. The molecule has 0 bridgehead atoms. The van der Waals surface area contributed by atoms with Crippen molar-refractivity contribution in [2.45, 2.75) is 44.9 Å². The van der Waals surface area contributed by atoms with Gasteiger partial charge in [-0.1, -0.05) is 37.8 Å². The third-order valence-electron chi connectivity index (χ3n) is 2.64. The molecule has 2 N–H and O–H groups in total. The van der Waals surface area contributed by atoms with Crippen molar-refractivity contribution in [1.82, 2.24) is 0 Å². The van der Waals surface area contributed by atoms with Crippen LogP contribution < -0.4 is 5.73 Å². The average Bonchev–Trinajstić information content (AvgIpc) is 2.33. The monoisotopic (exact) mass is 167 g/mol. The van der Waals surface area contributed by atoms with Gasteiger partial charge in [-0.25, -0.2) is 0 Å². The minimum absolute atomic E-state index is 0.795. The molecule has 0 heterocycles. The summed E-state index contributed by atoms with van der Waals surface area (Å²) in [5.74, 6) is 0.860. The first-order chi connectivity index (χ1) is 5.93.